The minimum atomic E-state index is -0.138. The van der Waals surface area contributed by atoms with Gasteiger partial charge in [-0.1, -0.05) is 6.42 Å². The van der Waals surface area contributed by atoms with Crippen molar-refractivity contribution in [3.05, 3.63) is 0 Å². The Morgan fingerprint density at radius 3 is 2.40 bits per heavy atom. The van der Waals surface area contributed by atoms with Crippen molar-refractivity contribution < 1.29 is 9.59 Å². The summed E-state index contributed by atoms with van der Waals surface area (Å²) < 4.78 is 0. The van der Waals surface area contributed by atoms with Gasteiger partial charge in [-0.15, -0.1) is 12.3 Å². The highest BCUT2D eigenvalue weighted by Gasteiger charge is 2.50. The molecule has 0 aromatic heterocycles. The number of hydrogen-bond donors (Lipinski definition) is 0. The van der Waals surface area contributed by atoms with Crippen molar-refractivity contribution in [2.24, 2.45) is 11.8 Å². The smallest absolute Gasteiger partial charge is 0.233 e. The second-order valence-electron chi connectivity index (χ2n) is 4.45. The summed E-state index contributed by atoms with van der Waals surface area (Å²) in [5, 5.41) is 0. The summed E-state index contributed by atoms with van der Waals surface area (Å²) in [6.45, 7) is 1.84. The number of carbonyl (C=O) groups excluding carboxylic acids is 2. The monoisotopic (exact) mass is 205 g/mol. The lowest BCUT2D eigenvalue weighted by molar-refractivity contribution is -0.142. The third-order valence-corrected chi connectivity index (χ3v) is 3.48. The Balaban J connectivity index is 2.18. The fourth-order valence-corrected chi connectivity index (χ4v) is 2.71. The van der Waals surface area contributed by atoms with Crippen molar-refractivity contribution in [1.82, 2.24) is 4.90 Å². The lowest BCUT2D eigenvalue weighted by Crippen LogP contribution is -2.39. The standard InChI is InChI=1S/C12H15NO2/c1-3-5-8(2)13-11(14)9-6-4-7-10(9)12(13)15/h1,8-10H,4-7H2,2H3. The fraction of sp³-hybridized carbons (Fsp3) is 0.667. The number of nitrogens with zero attached hydrogens (tertiary/aromatic N) is 1. The maximum Gasteiger partial charge on any atom is 0.233 e. The van der Waals surface area contributed by atoms with E-state index in [1.165, 1.54) is 4.90 Å². The molecule has 15 heavy (non-hydrogen) atoms. The molecule has 2 amide bonds. The normalized spacial score (nSPS) is 31.6. The average molecular weight is 205 g/mol. The van der Waals surface area contributed by atoms with E-state index in [4.69, 9.17) is 6.42 Å². The second kappa shape index (κ2) is 3.69. The zero-order valence-electron chi connectivity index (χ0n) is 8.90. The Bertz CT molecular complexity index is 320. The summed E-state index contributed by atoms with van der Waals surface area (Å²) in [6.07, 6.45) is 8.40. The molecule has 80 valence electrons. The molecule has 2 fully saturated rings. The Morgan fingerprint density at radius 2 is 1.93 bits per heavy atom. The predicted octanol–water partition coefficient (Wildman–Crippen LogP) is 1.18. The van der Waals surface area contributed by atoms with Crippen molar-refractivity contribution in [3.8, 4) is 12.3 Å². The van der Waals surface area contributed by atoms with Crippen LogP contribution in [0.1, 0.15) is 32.6 Å². The maximum absolute atomic E-state index is 12.0. The van der Waals surface area contributed by atoms with Gasteiger partial charge in [0.05, 0.1) is 11.8 Å². The number of likely N-dealkylation sites (tertiary alicyclic amines) is 1. The van der Waals surface area contributed by atoms with Gasteiger partial charge >= 0.3 is 0 Å². The number of hydrogen-bond acceptors (Lipinski definition) is 2. The molecule has 0 aromatic rings. The van der Waals surface area contributed by atoms with Crippen LogP contribution < -0.4 is 0 Å². The molecule has 3 nitrogen and oxygen atoms in total. The SMILES string of the molecule is C#CCC(C)N1C(=O)C2CCCC2C1=O. The van der Waals surface area contributed by atoms with Gasteiger partial charge < -0.3 is 0 Å². The molecule has 1 heterocycles. The molecule has 2 aliphatic rings. The lowest BCUT2D eigenvalue weighted by atomic mass is 10.00. The average Bonchev–Trinajstić information content (AvgIpc) is 2.72. The second-order valence-corrected chi connectivity index (χ2v) is 4.45. The van der Waals surface area contributed by atoms with Crippen LogP contribution >= 0.6 is 0 Å². The molecule has 1 saturated heterocycles. The largest absolute Gasteiger partial charge is 0.278 e. The Kier molecular flexibility index (Phi) is 2.52. The Morgan fingerprint density at radius 1 is 1.40 bits per heavy atom. The van der Waals surface area contributed by atoms with Crippen LogP contribution in [-0.2, 0) is 9.59 Å². The van der Waals surface area contributed by atoms with E-state index in [0.29, 0.717) is 6.42 Å². The molecule has 0 spiro atoms. The molecule has 3 atom stereocenters. The predicted molar refractivity (Wildman–Crippen MR) is 55.6 cm³/mol. The van der Waals surface area contributed by atoms with Crippen molar-refractivity contribution in [1.29, 1.82) is 0 Å². The molecule has 2 rings (SSSR count). The van der Waals surface area contributed by atoms with Crippen molar-refractivity contribution in [3.63, 3.8) is 0 Å². The quantitative estimate of drug-likeness (QED) is 0.501. The molecule has 0 radical (unpaired) electrons. The molecular formula is C12H15NO2. The van der Waals surface area contributed by atoms with Crippen LogP contribution in [0.2, 0.25) is 0 Å². The highest BCUT2D eigenvalue weighted by molar-refractivity contribution is 6.05. The van der Waals surface area contributed by atoms with E-state index in [0.717, 1.165) is 19.3 Å². The van der Waals surface area contributed by atoms with E-state index in [1.54, 1.807) is 0 Å². The number of imide groups is 1. The van der Waals surface area contributed by atoms with Crippen molar-refractivity contribution in [2.45, 2.75) is 38.6 Å². The van der Waals surface area contributed by atoms with E-state index in [1.807, 2.05) is 6.92 Å². The summed E-state index contributed by atoms with van der Waals surface area (Å²) in [7, 11) is 0. The number of terminal acetylenes is 1. The summed E-state index contributed by atoms with van der Waals surface area (Å²) in [4.78, 5) is 25.3. The van der Waals surface area contributed by atoms with Crippen LogP contribution in [0, 0.1) is 24.2 Å². The summed E-state index contributed by atoms with van der Waals surface area (Å²) in [5.41, 5.74) is 0. The lowest BCUT2D eigenvalue weighted by Gasteiger charge is -2.21. The van der Waals surface area contributed by atoms with E-state index in [2.05, 4.69) is 5.92 Å². The zero-order valence-corrected chi connectivity index (χ0v) is 8.90. The molecule has 3 heteroatoms. The topological polar surface area (TPSA) is 37.4 Å². The molecule has 1 aliphatic carbocycles. The van der Waals surface area contributed by atoms with E-state index in [-0.39, 0.29) is 29.7 Å². The molecule has 1 aliphatic heterocycles. The van der Waals surface area contributed by atoms with Crippen LogP contribution in [0.3, 0.4) is 0 Å². The Hall–Kier alpha value is -1.30. The van der Waals surface area contributed by atoms with E-state index in [9.17, 15) is 9.59 Å². The maximum atomic E-state index is 12.0. The summed E-state index contributed by atoms with van der Waals surface area (Å²) >= 11 is 0. The molecular weight excluding hydrogens is 190 g/mol. The summed E-state index contributed by atoms with van der Waals surface area (Å²) in [5.74, 6) is 2.43. The molecule has 0 N–H and O–H groups in total. The first kappa shape index (κ1) is 10.2. The third kappa shape index (κ3) is 1.45. The third-order valence-electron chi connectivity index (χ3n) is 3.48. The van der Waals surface area contributed by atoms with Gasteiger partial charge in [0.15, 0.2) is 0 Å². The number of carbonyl (C=O) groups is 2. The molecule has 1 saturated carbocycles. The van der Waals surface area contributed by atoms with Gasteiger partial charge in [0.1, 0.15) is 0 Å². The summed E-state index contributed by atoms with van der Waals surface area (Å²) in [6, 6.07) is -0.138. The van der Waals surface area contributed by atoms with Gasteiger partial charge in [-0.25, -0.2) is 0 Å². The van der Waals surface area contributed by atoms with Gasteiger partial charge in [0, 0.05) is 12.5 Å². The molecule has 3 unspecified atom stereocenters. The number of fused-ring (bicyclic) bond motifs is 1. The van der Waals surface area contributed by atoms with E-state index >= 15 is 0 Å². The molecule has 0 aromatic carbocycles. The van der Waals surface area contributed by atoms with Gasteiger partial charge in [-0.05, 0) is 19.8 Å². The van der Waals surface area contributed by atoms with Crippen LogP contribution in [0.25, 0.3) is 0 Å². The first-order valence-corrected chi connectivity index (χ1v) is 5.47. The van der Waals surface area contributed by atoms with Crippen LogP contribution in [0.5, 0.6) is 0 Å². The van der Waals surface area contributed by atoms with Gasteiger partial charge in [0.2, 0.25) is 11.8 Å². The number of rotatable bonds is 2. The molecule has 0 bridgehead atoms. The van der Waals surface area contributed by atoms with Gasteiger partial charge in [0.25, 0.3) is 0 Å². The van der Waals surface area contributed by atoms with Gasteiger partial charge in [-0.2, -0.15) is 0 Å². The zero-order chi connectivity index (χ0) is 11.0. The van der Waals surface area contributed by atoms with Crippen LogP contribution in [-0.4, -0.2) is 22.8 Å². The van der Waals surface area contributed by atoms with E-state index < -0.39 is 0 Å². The van der Waals surface area contributed by atoms with Gasteiger partial charge in [-0.3, -0.25) is 14.5 Å². The van der Waals surface area contributed by atoms with Crippen LogP contribution in [0.15, 0.2) is 0 Å². The minimum absolute atomic E-state index is 0.00486. The van der Waals surface area contributed by atoms with Crippen LogP contribution in [0.4, 0.5) is 0 Å². The first-order chi connectivity index (χ1) is 7.16. The highest BCUT2D eigenvalue weighted by atomic mass is 16.2. The fourth-order valence-electron chi connectivity index (χ4n) is 2.71. The highest BCUT2D eigenvalue weighted by Crippen LogP contribution is 2.40. The first-order valence-electron chi connectivity index (χ1n) is 5.47. The minimum Gasteiger partial charge on any atom is -0.278 e. The van der Waals surface area contributed by atoms with Crippen molar-refractivity contribution >= 4 is 11.8 Å². The Labute approximate surface area is 89.8 Å². The number of amides is 2. The van der Waals surface area contributed by atoms with Crippen molar-refractivity contribution in [2.75, 3.05) is 0 Å².